The van der Waals surface area contributed by atoms with Crippen LogP contribution < -0.4 is 16.0 Å². The van der Waals surface area contributed by atoms with E-state index >= 15 is 0 Å². The molecular weight excluding hydrogens is 541 g/mol. The molecule has 7 nitrogen and oxygen atoms in total. The van der Waals surface area contributed by atoms with Gasteiger partial charge in [0.15, 0.2) is 5.96 Å². The number of guanidine groups is 1. The average Bonchev–Trinajstić information content (AvgIpc) is 2.87. The lowest BCUT2D eigenvalue weighted by molar-refractivity contribution is 0.0724. The van der Waals surface area contributed by atoms with Crippen molar-refractivity contribution in [3.8, 4) is 0 Å². The minimum absolute atomic E-state index is 0. The number of carbonyl (C=O) groups excluding carboxylic acids is 2. The fraction of sp³-hybridized carbons (Fsp3) is 0.423. The predicted octanol–water partition coefficient (Wildman–Crippen LogP) is 3.59. The lowest BCUT2D eigenvalue weighted by atomic mass is 10.1. The maximum Gasteiger partial charge on any atom is 0.253 e. The van der Waals surface area contributed by atoms with E-state index in [0.717, 1.165) is 61.5 Å². The van der Waals surface area contributed by atoms with Crippen molar-refractivity contribution in [2.24, 2.45) is 4.99 Å². The average molecular weight is 578 g/mol. The quantitative estimate of drug-likeness (QED) is 0.255. The third-order valence-electron chi connectivity index (χ3n) is 5.73. The molecule has 0 bridgehead atoms. The minimum Gasteiger partial charge on any atom is -0.357 e. The molecule has 2 aromatic rings. The summed E-state index contributed by atoms with van der Waals surface area (Å²) in [6.45, 7) is 5.75. The third kappa shape index (κ3) is 8.30. The summed E-state index contributed by atoms with van der Waals surface area (Å²) in [5.74, 6) is 0.789. The number of nitrogens with zero attached hydrogens (tertiary/aromatic N) is 2. The molecule has 1 aliphatic rings. The van der Waals surface area contributed by atoms with Crippen LogP contribution in [0.2, 0.25) is 0 Å². The second kappa shape index (κ2) is 14.6. The van der Waals surface area contributed by atoms with Crippen molar-refractivity contribution < 1.29 is 9.59 Å². The number of piperidine rings is 1. The minimum atomic E-state index is -0.0802. The van der Waals surface area contributed by atoms with E-state index in [1.54, 1.807) is 7.05 Å². The highest BCUT2D eigenvalue weighted by Gasteiger charge is 2.17. The second-order valence-electron chi connectivity index (χ2n) is 8.20. The lowest BCUT2D eigenvalue weighted by Gasteiger charge is -2.26. The Labute approximate surface area is 219 Å². The van der Waals surface area contributed by atoms with Gasteiger partial charge in [0.25, 0.3) is 11.8 Å². The zero-order valence-electron chi connectivity index (χ0n) is 20.1. The zero-order valence-corrected chi connectivity index (χ0v) is 22.4. The Balaban J connectivity index is 0.00000408. The number of amides is 2. The number of hydrogen-bond acceptors (Lipinski definition) is 3. The highest BCUT2D eigenvalue weighted by molar-refractivity contribution is 14.0. The molecule has 0 atom stereocenters. The molecule has 1 saturated heterocycles. The van der Waals surface area contributed by atoms with E-state index in [9.17, 15) is 9.59 Å². The summed E-state index contributed by atoms with van der Waals surface area (Å²) >= 11 is 0. The van der Waals surface area contributed by atoms with Gasteiger partial charge in [0, 0.05) is 44.4 Å². The molecule has 8 heteroatoms. The van der Waals surface area contributed by atoms with Crippen molar-refractivity contribution in [3.63, 3.8) is 0 Å². The summed E-state index contributed by atoms with van der Waals surface area (Å²) < 4.78 is 0. The second-order valence-corrected chi connectivity index (χ2v) is 8.20. The van der Waals surface area contributed by atoms with E-state index in [2.05, 4.69) is 20.9 Å². The summed E-state index contributed by atoms with van der Waals surface area (Å²) in [5.41, 5.74) is 3.56. The first kappa shape index (κ1) is 27.6. The van der Waals surface area contributed by atoms with Crippen LogP contribution in [0.4, 0.5) is 0 Å². The van der Waals surface area contributed by atoms with E-state index in [1.165, 1.54) is 6.42 Å². The first-order valence-electron chi connectivity index (χ1n) is 11.8. The smallest absolute Gasteiger partial charge is 0.253 e. The Morgan fingerprint density at radius 1 is 0.941 bits per heavy atom. The van der Waals surface area contributed by atoms with Gasteiger partial charge in [-0.15, -0.1) is 24.0 Å². The van der Waals surface area contributed by atoms with Gasteiger partial charge in [0.05, 0.1) is 6.54 Å². The van der Waals surface area contributed by atoms with Crippen molar-refractivity contribution in [2.45, 2.75) is 39.2 Å². The predicted molar refractivity (Wildman–Crippen MR) is 148 cm³/mol. The van der Waals surface area contributed by atoms with E-state index < -0.39 is 0 Å². The van der Waals surface area contributed by atoms with Gasteiger partial charge in [-0.2, -0.15) is 0 Å². The fourth-order valence-electron chi connectivity index (χ4n) is 3.88. The fourth-order valence-corrected chi connectivity index (χ4v) is 3.88. The molecule has 34 heavy (non-hydrogen) atoms. The third-order valence-corrected chi connectivity index (χ3v) is 5.73. The highest BCUT2D eigenvalue weighted by Crippen LogP contribution is 2.14. The zero-order chi connectivity index (χ0) is 23.5. The van der Waals surface area contributed by atoms with Crippen molar-refractivity contribution in [2.75, 3.05) is 33.2 Å². The first-order chi connectivity index (χ1) is 16.1. The molecular formula is C26H36IN5O2. The SMILES string of the molecule is CCNC(=NCc1ccc(C(=O)N2CCCCC2)cc1)NCCc1cccc(C(=O)NC)c1.I. The van der Waals surface area contributed by atoms with Crippen LogP contribution in [0.1, 0.15) is 58.0 Å². The summed E-state index contributed by atoms with van der Waals surface area (Å²) in [6, 6.07) is 15.4. The van der Waals surface area contributed by atoms with Crippen LogP contribution in [0.5, 0.6) is 0 Å². The van der Waals surface area contributed by atoms with Crippen molar-refractivity contribution in [1.29, 1.82) is 0 Å². The lowest BCUT2D eigenvalue weighted by Crippen LogP contribution is -2.38. The number of benzene rings is 2. The Hall–Kier alpha value is -2.62. The number of rotatable bonds is 8. The van der Waals surface area contributed by atoms with E-state index in [-0.39, 0.29) is 35.8 Å². The number of hydrogen-bond donors (Lipinski definition) is 3. The molecule has 184 valence electrons. The van der Waals surface area contributed by atoms with Gasteiger partial charge in [0.2, 0.25) is 0 Å². The molecule has 0 radical (unpaired) electrons. The molecule has 3 rings (SSSR count). The number of halogens is 1. The maximum absolute atomic E-state index is 12.6. The van der Waals surface area contributed by atoms with E-state index in [0.29, 0.717) is 18.7 Å². The van der Waals surface area contributed by atoms with Crippen LogP contribution >= 0.6 is 24.0 Å². The van der Waals surface area contributed by atoms with Gasteiger partial charge >= 0.3 is 0 Å². The molecule has 0 saturated carbocycles. The van der Waals surface area contributed by atoms with Gasteiger partial charge in [-0.1, -0.05) is 24.3 Å². The summed E-state index contributed by atoms with van der Waals surface area (Å²) in [6.07, 6.45) is 4.18. The monoisotopic (exact) mass is 577 g/mol. The van der Waals surface area contributed by atoms with Gasteiger partial charge < -0.3 is 20.9 Å². The first-order valence-corrected chi connectivity index (χ1v) is 11.8. The van der Waals surface area contributed by atoms with Gasteiger partial charge in [-0.25, -0.2) is 4.99 Å². The van der Waals surface area contributed by atoms with Crippen molar-refractivity contribution in [3.05, 3.63) is 70.8 Å². The van der Waals surface area contributed by atoms with Crippen LogP contribution in [0.15, 0.2) is 53.5 Å². The van der Waals surface area contributed by atoms with Crippen LogP contribution in [0, 0.1) is 0 Å². The molecule has 2 aromatic carbocycles. The van der Waals surface area contributed by atoms with Gasteiger partial charge in [-0.05, 0) is 68.0 Å². The molecule has 0 aliphatic carbocycles. The molecule has 3 N–H and O–H groups in total. The Bertz CT molecular complexity index is 956. The molecule has 2 amide bonds. The summed E-state index contributed by atoms with van der Waals surface area (Å²) in [7, 11) is 1.63. The Kier molecular flexibility index (Phi) is 11.9. The molecule has 1 fully saturated rings. The molecule has 0 spiro atoms. The van der Waals surface area contributed by atoms with Gasteiger partial charge in [-0.3, -0.25) is 9.59 Å². The largest absolute Gasteiger partial charge is 0.357 e. The van der Waals surface area contributed by atoms with Crippen molar-refractivity contribution >= 4 is 41.8 Å². The normalized spacial score (nSPS) is 13.6. The number of nitrogens with one attached hydrogen (secondary N) is 3. The standard InChI is InChI=1S/C26H35N5O2.HI/c1-3-28-26(29-15-14-20-8-7-9-23(18-20)24(32)27-2)30-19-21-10-12-22(13-11-21)25(33)31-16-5-4-6-17-31;/h7-13,18H,3-6,14-17,19H2,1-2H3,(H,27,32)(H2,28,29,30);1H. The van der Waals surface area contributed by atoms with Crippen LogP contribution in [0.3, 0.4) is 0 Å². The van der Waals surface area contributed by atoms with Crippen LogP contribution in [-0.2, 0) is 13.0 Å². The number of likely N-dealkylation sites (tertiary alicyclic amines) is 1. The summed E-state index contributed by atoms with van der Waals surface area (Å²) in [5, 5.41) is 9.27. The molecule has 1 aliphatic heterocycles. The Morgan fingerprint density at radius 2 is 1.68 bits per heavy atom. The molecule has 0 unspecified atom stereocenters. The van der Waals surface area contributed by atoms with E-state index in [4.69, 9.17) is 0 Å². The maximum atomic E-state index is 12.6. The topological polar surface area (TPSA) is 85.8 Å². The number of carbonyl (C=O) groups is 2. The van der Waals surface area contributed by atoms with Crippen LogP contribution in [-0.4, -0.2) is 55.9 Å². The Morgan fingerprint density at radius 3 is 2.35 bits per heavy atom. The van der Waals surface area contributed by atoms with Crippen LogP contribution in [0.25, 0.3) is 0 Å². The summed E-state index contributed by atoms with van der Waals surface area (Å²) in [4.78, 5) is 31.1. The highest BCUT2D eigenvalue weighted by atomic mass is 127. The number of aliphatic imine (C=N–C) groups is 1. The van der Waals surface area contributed by atoms with E-state index in [1.807, 2.05) is 60.4 Å². The molecule has 0 aromatic heterocycles. The molecule has 1 heterocycles. The van der Waals surface area contributed by atoms with Crippen molar-refractivity contribution in [1.82, 2.24) is 20.9 Å². The van der Waals surface area contributed by atoms with Gasteiger partial charge in [0.1, 0.15) is 0 Å².